The first kappa shape index (κ1) is 20.4. The van der Waals surface area contributed by atoms with Crippen molar-refractivity contribution in [2.75, 3.05) is 19.0 Å². The lowest BCUT2D eigenvalue weighted by Gasteiger charge is -2.11. The van der Waals surface area contributed by atoms with Crippen LogP contribution in [-0.2, 0) is 4.79 Å². The molecule has 3 rings (SSSR count). The van der Waals surface area contributed by atoms with Gasteiger partial charge in [-0.25, -0.2) is 0 Å². The first-order valence-corrected chi connectivity index (χ1v) is 9.75. The summed E-state index contributed by atoms with van der Waals surface area (Å²) < 4.78 is 10.9. The Hall–Kier alpha value is -3.33. The quantitative estimate of drug-likeness (QED) is 0.423. The van der Waals surface area contributed by atoms with Crippen LogP contribution >= 0.6 is 11.3 Å². The number of aromatic nitrogens is 3. The highest BCUT2D eigenvalue weighted by Gasteiger charge is 2.11. The Balaban J connectivity index is 1.46. The molecule has 1 N–H and O–H groups in total. The average Bonchev–Trinajstić information content (AvgIpc) is 3.20. The summed E-state index contributed by atoms with van der Waals surface area (Å²) in [5.41, 5.74) is 1.26. The number of rotatable bonds is 9. The Kier molecular flexibility index (Phi) is 6.85. The zero-order valence-corrected chi connectivity index (χ0v) is 16.9. The molecule has 0 saturated carbocycles. The second-order valence-corrected chi connectivity index (χ2v) is 7.03. The molecule has 0 atom stereocenters. The number of ether oxygens (including phenoxy) is 2. The number of benzene rings is 1. The molecule has 0 aliphatic rings. The van der Waals surface area contributed by atoms with Crippen molar-refractivity contribution in [3.8, 4) is 22.2 Å². The van der Waals surface area contributed by atoms with E-state index in [0.29, 0.717) is 45.9 Å². The van der Waals surface area contributed by atoms with Crippen molar-refractivity contribution in [2.24, 2.45) is 0 Å². The van der Waals surface area contributed by atoms with Gasteiger partial charge in [0.05, 0.1) is 13.7 Å². The number of anilines is 1. The van der Waals surface area contributed by atoms with Crippen LogP contribution in [0.25, 0.3) is 10.7 Å². The molecule has 3 aromatic rings. The smallest absolute Gasteiger partial charge is 0.226 e. The zero-order chi connectivity index (χ0) is 20.6. The van der Waals surface area contributed by atoms with Gasteiger partial charge in [0.25, 0.3) is 0 Å². The van der Waals surface area contributed by atoms with Crippen molar-refractivity contribution in [3.63, 3.8) is 0 Å². The first-order valence-electron chi connectivity index (χ1n) is 8.93. The maximum absolute atomic E-state index is 12.1. The average molecular weight is 412 g/mol. The molecule has 150 valence electrons. The van der Waals surface area contributed by atoms with E-state index in [4.69, 9.17) is 9.47 Å². The largest absolute Gasteiger partial charge is 0.493 e. The fraction of sp³-hybridized carbons (Fsp3) is 0.250. The molecular weight excluding hydrogens is 392 g/mol. The molecule has 0 radical (unpaired) electrons. The van der Waals surface area contributed by atoms with Crippen molar-refractivity contribution in [3.05, 3.63) is 48.2 Å². The van der Waals surface area contributed by atoms with Crippen molar-refractivity contribution >= 4 is 28.2 Å². The summed E-state index contributed by atoms with van der Waals surface area (Å²) in [5.74, 6) is 0.797. The zero-order valence-electron chi connectivity index (χ0n) is 16.0. The molecule has 29 heavy (non-hydrogen) atoms. The summed E-state index contributed by atoms with van der Waals surface area (Å²) >= 11 is 1.27. The van der Waals surface area contributed by atoms with E-state index in [0.717, 1.165) is 0 Å². The molecule has 2 heterocycles. The van der Waals surface area contributed by atoms with E-state index in [1.807, 2.05) is 18.2 Å². The molecule has 0 aliphatic heterocycles. The summed E-state index contributed by atoms with van der Waals surface area (Å²) in [6, 6.07) is 10.5. The number of carbonyl (C=O) groups excluding carboxylic acids is 2. The molecule has 9 heteroatoms. The number of ketones is 1. The summed E-state index contributed by atoms with van der Waals surface area (Å²) in [4.78, 5) is 27.8. The molecule has 0 bridgehead atoms. The summed E-state index contributed by atoms with van der Waals surface area (Å²) in [5, 5.41) is 11.8. The van der Waals surface area contributed by atoms with Crippen LogP contribution in [0.15, 0.2) is 42.6 Å². The Bertz CT molecular complexity index is 991. The number of hydrogen-bond donors (Lipinski definition) is 1. The normalized spacial score (nSPS) is 10.4. The predicted octanol–water partition coefficient (Wildman–Crippen LogP) is 3.61. The number of nitrogens with one attached hydrogen (secondary N) is 1. The predicted molar refractivity (Wildman–Crippen MR) is 109 cm³/mol. The molecular formula is C20H20N4O4S. The van der Waals surface area contributed by atoms with Gasteiger partial charge in [0.1, 0.15) is 5.69 Å². The fourth-order valence-electron chi connectivity index (χ4n) is 2.47. The van der Waals surface area contributed by atoms with Gasteiger partial charge in [-0.15, -0.1) is 10.2 Å². The number of carbonyl (C=O) groups is 2. The lowest BCUT2D eigenvalue weighted by molar-refractivity contribution is -0.116. The molecule has 0 unspecified atom stereocenters. The van der Waals surface area contributed by atoms with E-state index in [-0.39, 0.29) is 18.1 Å². The SMILES string of the molecule is COc1cc(C(C)=O)ccc1OCCCC(=O)Nc1nnc(-c2ccccn2)s1. The highest BCUT2D eigenvalue weighted by atomic mass is 32.1. The molecule has 1 aromatic carbocycles. The Morgan fingerprint density at radius 1 is 1.14 bits per heavy atom. The maximum Gasteiger partial charge on any atom is 0.226 e. The third-order valence-electron chi connectivity index (χ3n) is 3.93. The summed E-state index contributed by atoms with van der Waals surface area (Å²) in [6.45, 7) is 1.82. The minimum absolute atomic E-state index is 0.0469. The number of methoxy groups -OCH3 is 1. The van der Waals surface area contributed by atoms with Crippen LogP contribution in [0.5, 0.6) is 11.5 Å². The lowest BCUT2D eigenvalue weighted by atomic mass is 10.1. The van der Waals surface area contributed by atoms with Gasteiger partial charge in [0, 0.05) is 18.2 Å². The topological polar surface area (TPSA) is 103 Å². The van der Waals surface area contributed by atoms with Gasteiger partial charge in [-0.1, -0.05) is 17.4 Å². The van der Waals surface area contributed by atoms with Gasteiger partial charge in [0.15, 0.2) is 22.3 Å². The highest BCUT2D eigenvalue weighted by molar-refractivity contribution is 7.18. The van der Waals surface area contributed by atoms with Crippen LogP contribution < -0.4 is 14.8 Å². The Labute approximate surface area is 171 Å². The van der Waals surface area contributed by atoms with Crippen LogP contribution in [0.1, 0.15) is 30.1 Å². The van der Waals surface area contributed by atoms with Crippen LogP contribution in [-0.4, -0.2) is 40.6 Å². The number of amides is 1. The van der Waals surface area contributed by atoms with E-state index < -0.39 is 0 Å². The Morgan fingerprint density at radius 2 is 2.00 bits per heavy atom. The number of pyridine rings is 1. The second-order valence-electron chi connectivity index (χ2n) is 6.05. The maximum atomic E-state index is 12.1. The lowest BCUT2D eigenvalue weighted by Crippen LogP contribution is -2.12. The standard InChI is InChI=1S/C20H20N4O4S/c1-13(25)14-8-9-16(17(12-14)27-2)28-11-5-7-18(26)22-20-24-23-19(29-20)15-6-3-4-10-21-15/h3-4,6,8-10,12H,5,7,11H2,1-2H3,(H,22,24,26). The van der Waals surface area contributed by atoms with Crippen molar-refractivity contribution < 1.29 is 19.1 Å². The first-order chi connectivity index (χ1) is 14.1. The molecule has 0 fully saturated rings. The number of Topliss-reactive ketones (excluding diaryl/α,β-unsaturated/α-hetero) is 1. The van der Waals surface area contributed by atoms with Gasteiger partial charge >= 0.3 is 0 Å². The molecule has 0 spiro atoms. The van der Waals surface area contributed by atoms with Gasteiger partial charge in [0.2, 0.25) is 11.0 Å². The fourth-order valence-corrected chi connectivity index (χ4v) is 3.21. The third kappa shape index (κ3) is 5.58. The van der Waals surface area contributed by atoms with E-state index in [2.05, 4.69) is 20.5 Å². The second kappa shape index (κ2) is 9.74. The van der Waals surface area contributed by atoms with Crippen LogP contribution in [0.3, 0.4) is 0 Å². The van der Waals surface area contributed by atoms with E-state index >= 15 is 0 Å². The van der Waals surface area contributed by atoms with Crippen molar-refractivity contribution in [2.45, 2.75) is 19.8 Å². The summed E-state index contributed by atoms with van der Waals surface area (Å²) in [7, 11) is 1.51. The van der Waals surface area contributed by atoms with Gasteiger partial charge in [-0.05, 0) is 43.7 Å². The van der Waals surface area contributed by atoms with Crippen LogP contribution in [0.2, 0.25) is 0 Å². The van der Waals surface area contributed by atoms with Gasteiger partial charge in [-0.2, -0.15) is 0 Å². The van der Waals surface area contributed by atoms with Crippen LogP contribution in [0.4, 0.5) is 5.13 Å². The molecule has 0 aliphatic carbocycles. The van der Waals surface area contributed by atoms with E-state index in [1.54, 1.807) is 24.4 Å². The van der Waals surface area contributed by atoms with Crippen molar-refractivity contribution in [1.29, 1.82) is 0 Å². The molecule has 8 nitrogen and oxygen atoms in total. The van der Waals surface area contributed by atoms with E-state index in [1.165, 1.54) is 25.4 Å². The number of hydrogen-bond acceptors (Lipinski definition) is 8. The molecule has 2 aromatic heterocycles. The van der Waals surface area contributed by atoms with Gasteiger partial charge in [-0.3, -0.25) is 14.6 Å². The monoisotopic (exact) mass is 412 g/mol. The van der Waals surface area contributed by atoms with Gasteiger partial charge < -0.3 is 14.8 Å². The molecule has 1 amide bonds. The summed E-state index contributed by atoms with van der Waals surface area (Å²) in [6.07, 6.45) is 2.46. The number of nitrogens with zero attached hydrogens (tertiary/aromatic N) is 3. The Morgan fingerprint density at radius 3 is 2.72 bits per heavy atom. The molecule has 0 saturated heterocycles. The minimum Gasteiger partial charge on any atom is -0.493 e. The third-order valence-corrected chi connectivity index (χ3v) is 4.79. The minimum atomic E-state index is -0.170. The van der Waals surface area contributed by atoms with Crippen molar-refractivity contribution in [1.82, 2.24) is 15.2 Å². The van der Waals surface area contributed by atoms with Crippen LogP contribution in [0, 0.1) is 0 Å². The van der Waals surface area contributed by atoms with E-state index in [9.17, 15) is 9.59 Å². The highest BCUT2D eigenvalue weighted by Crippen LogP contribution is 2.28.